The third-order valence-electron chi connectivity index (χ3n) is 3.40. The minimum absolute atomic E-state index is 0.303. The maximum atomic E-state index is 5.83. The summed E-state index contributed by atoms with van der Waals surface area (Å²) < 4.78 is 6.72. The van der Waals surface area contributed by atoms with Gasteiger partial charge in [-0.05, 0) is 47.3 Å². The quantitative estimate of drug-likeness (QED) is 0.853. The van der Waals surface area contributed by atoms with Crippen molar-refractivity contribution in [2.45, 2.75) is 25.4 Å². The SMILES string of the molecule is CN(CC1CCCCO1)c1cccc(Br)c1C(N)=S. The van der Waals surface area contributed by atoms with E-state index >= 15 is 0 Å². The Balaban J connectivity index is 2.16. The molecule has 2 rings (SSSR count). The molecule has 0 amide bonds. The smallest absolute Gasteiger partial charge is 0.107 e. The zero-order chi connectivity index (χ0) is 13.8. The fourth-order valence-electron chi connectivity index (χ4n) is 2.43. The van der Waals surface area contributed by atoms with Gasteiger partial charge in [0.05, 0.1) is 6.10 Å². The number of anilines is 1. The topological polar surface area (TPSA) is 38.5 Å². The van der Waals surface area contributed by atoms with Crippen molar-refractivity contribution in [2.75, 3.05) is 25.1 Å². The van der Waals surface area contributed by atoms with Crippen molar-refractivity contribution in [3.8, 4) is 0 Å². The number of thiocarbonyl (C=S) groups is 1. The van der Waals surface area contributed by atoms with Crippen LogP contribution in [0.5, 0.6) is 0 Å². The summed E-state index contributed by atoms with van der Waals surface area (Å²) in [6, 6.07) is 6.00. The Bertz CT molecular complexity index is 461. The summed E-state index contributed by atoms with van der Waals surface area (Å²) in [7, 11) is 2.06. The highest BCUT2D eigenvalue weighted by Crippen LogP contribution is 2.28. The van der Waals surface area contributed by atoms with Crippen molar-refractivity contribution in [1.29, 1.82) is 0 Å². The summed E-state index contributed by atoms with van der Waals surface area (Å²) >= 11 is 8.67. The molecule has 1 atom stereocenters. The molecule has 104 valence electrons. The Morgan fingerprint density at radius 3 is 2.95 bits per heavy atom. The molecule has 1 heterocycles. The average Bonchev–Trinajstić information content (AvgIpc) is 2.39. The maximum Gasteiger partial charge on any atom is 0.107 e. The highest BCUT2D eigenvalue weighted by atomic mass is 79.9. The molecule has 1 aliphatic heterocycles. The highest BCUT2D eigenvalue weighted by Gasteiger charge is 2.19. The summed E-state index contributed by atoms with van der Waals surface area (Å²) in [6.45, 7) is 1.74. The van der Waals surface area contributed by atoms with Crippen molar-refractivity contribution in [2.24, 2.45) is 5.73 Å². The number of ether oxygens (including phenoxy) is 1. The molecule has 1 aliphatic rings. The molecule has 0 radical (unpaired) electrons. The average molecular weight is 343 g/mol. The summed E-state index contributed by atoms with van der Waals surface area (Å²) in [4.78, 5) is 2.59. The lowest BCUT2D eigenvalue weighted by Gasteiger charge is -2.30. The van der Waals surface area contributed by atoms with Crippen LogP contribution in [0.3, 0.4) is 0 Å². The fraction of sp³-hybridized carbons (Fsp3) is 0.500. The van der Waals surface area contributed by atoms with Crippen LogP contribution in [-0.2, 0) is 4.74 Å². The molecule has 1 unspecified atom stereocenters. The van der Waals surface area contributed by atoms with E-state index < -0.39 is 0 Å². The van der Waals surface area contributed by atoms with Gasteiger partial charge in [-0.2, -0.15) is 0 Å². The molecule has 0 aliphatic carbocycles. The number of hydrogen-bond donors (Lipinski definition) is 1. The Morgan fingerprint density at radius 1 is 1.53 bits per heavy atom. The molecular formula is C14H19BrN2OS. The molecule has 0 bridgehead atoms. The van der Waals surface area contributed by atoms with Crippen LogP contribution < -0.4 is 10.6 Å². The molecule has 0 aromatic heterocycles. The summed E-state index contributed by atoms with van der Waals surface area (Å²) in [5.41, 5.74) is 7.78. The molecular weight excluding hydrogens is 324 g/mol. The third-order valence-corrected chi connectivity index (χ3v) is 4.27. The van der Waals surface area contributed by atoms with E-state index in [4.69, 9.17) is 22.7 Å². The van der Waals surface area contributed by atoms with E-state index in [1.807, 2.05) is 18.2 Å². The van der Waals surface area contributed by atoms with Crippen LogP contribution >= 0.6 is 28.1 Å². The van der Waals surface area contributed by atoms with Crippen LogP contribution in [-0.4, -0.2) is 31.3 Å². The van der Waals surface area contributed by atoms with Crippen LogP contribution in [0.4, 0.5) is 5.69 Å². The zero-order valence-electron chi connectivity index (χ0n) is 11.1. The first kappa shape index (κ1) is 14.8. The third kappa shape index (κ3) is 3.68. The van der Waals surface area contributed by atoms with Crippen LogP contribution in [0.1, 0.15) is 24.8 Å². The van der Waals surface area contributed by atoms with Gasteiger partial charge in [-0.15, -0.1) is 0 Å². The Kier molecular flexibility index (Phi) is 5.19. The first-order valence-corrected chi connectivity index (χ1v) is 7.70. The Labute approximate surface area is 128 Å². The molecule has 19 heavy (non-hydrogen) atoms. The highest BCUT2D eigenvalue weighted by molar-refractivity contribution is 9.10. The molecule has 1 aromatic rings. The van der Waals surface area contributed by atoms with Gasteiger partial charge in [0.25, 0.3) is 0 Å². The Morgan fingerprint density at radius 2 is 2.32 bits per heavy atom. The van der Waals surface area contributed by atoms with Gasteiger partial charge in [0.1, 0.15) is 4.99 Å². The summed E-state index contributed by atoms with van der Waals surface area (Å²) in [5, 5.41) is 0. The number of rotatable bonds is 4. The van der Waals surface area contributed by atoms with E-state index in [-0.39, 0.29) is 0 Å². The predicted octanol–water partition coefficient (Wildman–Crippen LogP) is 3.09. The first-order chi connectivity index (χ1) is 9.09. The van der Waals surface area contributed by atoms with E-state index in [1.165, 1.54) is 12.8 Å². The Hall–Kier alpha value is -0.650. The fourth-order valence-corrected chi connectivity index (χ4v) is 3.35. The number of hydrogen-bond acceptors (Lipinski definition) is 3. The van der Waals surface area contributed by atoms with Gasteiger partial charge in [0.2, 0.25) is 0 Å². The van der Waals surface area contributed by atoms with Crippen LogP contribution in [0.2, 0.25) is 0 Å². The van der Waals surface area contributed by atoms with Crippen molar-refractivity contribution >= 4 is 38.8 Å². The molecule has 0 spiro atoms. The minimum Gasteiger partial charge on any atom is -0.389 e. The molecule has 0 saturated carbocycles. The minimum atomic E-state index is 0.303. The van der Waals surface area contributed by atoms with Gasteiger partial charge < -0.3 is 15.4 Å². The van der Waals surface area contributed by atoms with Crippen LogP contribution in [0, 0.1) is 0 Å². The van der Waals surface area contributed by atoms with Crippen LogP contribution in [0.15, 0.2) is 22.7 Å². The van der Waals surface area contributed by atoms with E-state index in [9.17, 15) is 0 Å². The van der Waals surface area contributed by atoms with Crippen molar-refractivity contribution in [3.63, 3.8) is 0 Å². The zero-order valence-corrected chi connectivity index (χ0v) is 13.5. The molecule has 3 nitrogen and oxygen atoms in total. The van der Waals surface area contributed by atoms with Gasteiger partial charge in [-0.3, -0.25) is 0 Å². The molecule has 1 saturated heterocycles. The first-order valence-electron chi connectivity index (χ1n) is 6.50. The molecule has 1 fully saturated rings. The molecule has 5 heteroatoms. The molecule has 1 aromatic carbocycles. The van der Waals surface area contributed by atoms with E-state index in [1.54, 1.807) is 0 Å². The molecule has 2 N–H and O–H groups in total. The van der Waals surface area contributed by atoms with E-state index in [0.29, 0.717) is 11.1 Å². The summed E-state index contributed by atoms with van der Waals surface area (Å²) in [5.74, 6) is 0. The second-order valence-corrected chi connectivity index (χ2v) is 6.16. The number of likely N-dealkylation sites (N-methyl/N-ethyl adjacent to an activating group) is 1. The standard InChI is InChI=1S/C14H19BrN2OS/c1-17(9-10-5-2-3-8-18-10)12-7-4-6-11(15)13(12)14(16)19/h4,6-7,10H,2-3,5,8-9H2,1H3,(H2,16,19). The van der Waals surface area contributed by atoms with E-state index in [0.717, 1.165) is 35.3 Å². The number of halogens is 1. The second-order valence-electron chi connectivity index (χ2n) is 4.87. The van der Waals surface area contributed by atoms with Crippen molar-refractivity contribution in [3.05, 3.63) is 28.2 Å². The number of nitrogens with two attached hydrogens (primary N) is 1. The maximum absolute atomic E-state index is 5.83. The predicted molar refractivity (Wildman–Crippen MR) is 86.9 cm³/mol. The lowest BCUT2D eigenvalue weighted by atomic mass is 10.1. The van der Waals surface area contributed by atoms with Crippen molar-refractivity contribution < 1.29 is 4.74 Å². The van der Waals surface area contributed by atoms with Gasteiger partial charge >= 0.3 is 0 Å². The second kappa shape index (κ2) is 6.68. The van der Waals surface area contributed by atoms with Crippen LogP contribution in [0.25, 0.3) is 0 Å². The van der Waals surface area contributed by atoms with Crippen molar-refractivity contribution in [1.82, 2.24) is 0 Å². The lowest BCUT2D eigenvalue weighted by molar-refractivity contribution is 0.0216. The lowest BCUT2D eigenvalue weighted by Crippen LogP contribution is -2.34. The van der Waals surface area contributed by atoms with Gasteiger partial charge in [0.15, 0.2) is 0 Å². The summed E-state index contributed by atoms with van der Waals surface area (Å²) in [6.07, 6.45) is 3.85. The number of benzene rings is 1. The monoisotopic (exact) mass is 342 g/mol. The number of nitrogens with zero attached hydrogens (tertiary/aromatic N) is 1. The largest absolute Gasteiger partial charge is 0.389 e. The van der Waals surface area contributed by atoms with Gasteiger partial charge in [-0.25, -0.2) is 0 Å². The normalized spacial score (nSPS) is 19.2. The van der Waals surface area contributed by atoms with E-state index in [2.05, 4.69) is 27.9 Å². The van der Waals surface area contributed by atoms with Gasteiger partial charge in [-0.1, -0.05) is 18.3 Å². The van der Waals surface area contributed by atoms with Gasteiger partial charge in [0, 0.05) is 35.9 Å².